The van der Waals surface area contributed by atoms with Gasteiger partial charge in [-0.05, 0) is 66.4 Å². The summed E-state index contributed by atoms with van der Waals surface area (Å²) in [6, 6.07) is 20.6. The largest absolute Gasteiger partial charge is 0.375 e. The highest BCUT2D eigenvalue weighted by molar-refractivity contribution is 5.92. The van der Waals surface area contributed by atoms with Crippen molar-refractivity contribution >= 4 is 22.6 Å². The maximum absolute atomic E-state index is 15.0. The first-order valence-corrected chi connectivity index (χ1v) is 14.4. The molecule has 44 heavy (non-hydrogen) atoms. The summed E-state index contributed by atoms with van der Waals surface area (Å²) in [6.07, 6.45) is 0.395. The average Bonchev–Trinajstić information content (AvgIpc) is 3.45. The minimum Gasteiger partial charge on any atom is -0.375 e. The van der Waals surface area contributed by atoms with E-state index in [1.54, 1.807) is 6.07 Å². The van der Waals surface area contributed by atoms with Crippen molar-refractivity contribution in [2.75, 3.05) is 18.5 Å². The first kappa shape index (κ1) is 29.5. The maximum atomic E-state index is 15.0. The number of anilines is 1. The summed E-state index contributed by atoms with van der Waals surface area (Å²) in [6.45, 7) is 0.941. The van der Waals surface area contributed by atoms with E-state index in [1.807, 2.05) is 24.3 Å². The van der Waals surface area contributed by atoms with E-state index in [-0.39, 0.29) is 24.1 Å². The van der Waals surface area contributed by atoms with Crippen molar-refractivity contribution in [1.82, 2.24) is 15.3 Å². The fourth-order valence-electron chi connectivity index (χ4n) is 5.63. The Morgan fingerprint density at radius 3 is 2.48 bits per heavy atom. The molecule has 6 nitrogen and oxygen atoms in total. The van der Waals surface area contributed by atoms with E-state index in [1.165, 1.54) is 42.5 Å². The van der Waals surface area contributed by atoms with Gasteiger partial charge in [0, 0.05) is 36.2 Å². The van der Waals surface area contributed by atoms with Gasteiger partial charge in [0.1, 0.15) is 29.1 Å². The number of imidazole rings is 1. The lowest BCUT2D eigenvalue weighted by Crippen LogP contribution is -2.41. The molecule has 0 aliphatic carbocycles. The molecule has 6 rings (SSSR count). The fourth-order valence-corrected chi connectivity index (χ4v) is 5.63. The number of aromatic amines is 1. The summed E-state index contributed by atoms with van der Waals surface area (Å²) >= 11 is 0. The minimum absolute atomic E-state index is 0.0931. The van der Waals surface area contributed by atoms with Gasteiger partial charge < -0.3 is 20.4 Å². The second-order valence-electron chi connectivity index (χ2n) is 10.9. The molecule has 1 amide bonds. The first-order chi connectivity index (χ1) is 21.3. The average molecular weight is 603 g/mol. The zero-order valence-corrected chi connectivity index (χ0v) is 23.6. The Morgan fingerprint density at radius 2 is 1.73 bits per heavy atom. The molecule has 0 spiro atoms. The summed E-state index contributed by atoms with van der Waals surface area (Å²) in [5, 5.41) is 6.22. The molecule has 3 N–H and O–H groups in total. The maximum Gasteiger partial charge on any atom is 0.225 e. The van der Waals surface area contributed by atoms with Crippen molar-refractivity contribution in [2.24, 2.45) is 0 Å². The van der Waals surface area contributed by atoms with Crippen LogP contribution < -0.4 is 10.6 Å². The van der Waals surface area contributed by atoms with Crippen LogP contribution in [0, 0.1) is 23.3 Å². The van der Waals surface area contributed by atoms with Crippen LogP contribution in [0.1, 0.15) is 47.3 Å². The van der Waals surface area contributed by atoms with Crippen LogP contribution in [0.3, 0.4) is 0 Å². The number of nitrogens with zero attached hydrogens (tertiary/aromatic N) is 1. The quantitative estimate of drug-likeness (QED) is 0.160. The third-order valence-electron chi connectivity index (χ3n) is 7.94. The topological polar surface area (TPSA) is 79.0 Å². The third-order valence-corrected chi connectivity index (χ3v) is 7.94. The van der Waals surface area contributed by atoms with Gasteiger partial charge in [-0.1, -0.05) is 36.4 Å². The number of benzene rings is 4. The molecule has 0 bridgehead atoms. The number of rotatable bonds is 9. The molecule has 1 fully saturated rings. The summed E-state index contributed by atoms with van der Waals surface area (Å²) < 4.78 is 63.1. The van der Waals surface area contributed by atoms with Crippen molar-refractivity contribution in [3.8, 4) is 0 Å². The normalized spacial score (nSPS) is 17.5. The van der Waals surface area contributed by atoms with Crippen molar-refractivity contribution in [3.05, 3.63) is 131 Å². The van der Waals surface area contributed by atoms with Gasteiger partial charge in [-0.2, -0.15) is 0 Å². The second kappa shape index (κ2) is 13.0. The number of hydrogen-bond acceptors (Lipinski definition) is 4. The van der Waals surface area contributed by atoms with Crippen LogP contribution in [0.2, 0.25) is 0 Å². The standard InChI is InChI=1S/C34H30F4N4O2/c35-21-10-8-20(9-11-21)26(24-14-12-22(36)16-28(24)38)17-33(43)40-29-7-3-4-27(37)25(29)15-13-23-18-39-32(19-44-23)34-41-30-5-1-2-6-31(30)42-34/h1-12,14,16,23,26,32,39H,13,15,17-19H2,(H,40,43)(H,41,42)/t23-,26+,32+/m1/s1. The van der Waals surface area contributed by atoms with Gasteiger partial charge in [0.2, 0.25) is 5.91 Å². The van der Waals surface area contributed by atoms with Crippen LogP contribution in [0.15, 0.2) is 84.9 Å². The number of hydrogen-bond donors (Lipinski definition) is 3. The number of nitrogens with one attached hydrogen (secondary N) is 3. The number of halogens is 4. The van der Waals surface area contributed by atoms with E-state index in [2.05, 4.69) is 20.6 Å². The Kier molecular flexibility index (Phi) is 8.72. The Labute approximate surface area is 251 Å². The SMILES string of the molecule is O=C(C[C@@H](c1ccc(F)cc1)c1ccc(F)cc1F)Nc1cccc(F)c1CC[C@@H]1CN[C@H](c2nc3ccccc3[nH]2)CO1. The van der Waals surface area contributed by atoms with E-state index in [4.69, 9.17) is 4.74 Å². The van der Waals surface area contributed by atoms with Crippen LogP contribution in [0.4, 0.5) is 23.2 Å². The lowest BCUT2D eigenvalue weighted by atomic mass is 9.87. The predicted molar refractivity (Wildman–Crippen MR) is 159 cm³/mol. The van der Waals surface area contributed by atoms with Gasteiger partial charge in [0.05, 0.1) is 29.8 Å². The molecule has 4 aromatic carbocycles. The minimum atomic E-state index is -0.824. The van der Waals surface area contributed by atoms with Gasteiger partial charge in [-0.15, -0.1) is 0 Å². The monoisotopic (exact) mass is 602 g/mol. The van der Waals surface area contributed by atoms with Gasteiger partial charge >= 0.3 is 0 Å². The third kappa shape index (κ3) is 6.66. The number of ether oxygens (including phenoxy) is 1. The Hall–Kier alpha value is -4.54. The number of H-pyrrole nitrogens is 1. The van der Waals surface area contributed by atoms with E-state index in [9.17, 15) is 18.0 Å². The van der Waals surface area contributed by atoms with Crippen LogP contribution in [-0.4, -0.2) is 35.1 Å². The number of aromatic nitrogens is 2. The lowest BCUT2D eigenvalue weighted by molar-refractivity contribution is -0.116. The highest BCUT2D eigenvalue weighted by atomic mass is 19.1. The van der Waals surface area contributed by atoms with Gasteiger partial charge in [-0.25, -0.2) is 22.5 Å². The fraction of sp³-hybridized carbons (Fsp3) is 0.235. The predicted octanol–water partition coefficient (Wildman–Crippen LogP) is 6.94. The molecular weight excluding hydrogens is 572 g/mol. The van der Waals surface area contributed by atoms with Crippen molar-refractivity contribution < 1.29 is 27.1 Å². The first-order valence-electron chi connectivity index (χ1n) is 14.4. The van der Waals surface area contributed by atoms with E-state index in [0.717, 1.165) is 29.0 Å². The van der Waals surface area contributed by atoms with Crippen LogP contribution >= 0.6 is 0 Å². The molecule has 2 heterocycles. The van der Waals surface area contributed by atoms with Gasteiger partial charge in [0.15, 0.2) is 0 Å². The highest BCUT2D eigenvalue weighted by Crippen LogP contribution is 2.32. The molecule has 3 atom stereocenters. The molecule has 0 saturated carbocycles. The molecule has 10 heteroatoms. The van der Waals surface area contributed by atoms with E-state index in [0.29, 0.717) is 42.8 Å². The molecule has 226 valence electrons. The van der Waals surface area contributed by atoms with Crippen LogP contribution in [0.25, 0.3) is 11.0 Å². The Balaban J connectivity index is 1.11. The lowest BCUT2D eigenvalue weighted by Gasteiger charge is -2.29. The zero-order valence-electron chi connectivity index (χ0n) is 23.6. The molecular formula is C34H30F4N4O2. The summed E-state index contributed by atoms with van der Waals surface area (Å²) in [7, 11) is 0. The molecule has 1 saturated heterocycles. The molecule has 5 aromatic rings. The summed E-state index contributed by atoms with van der Waals surface area (Å²) in [4.78, 5) is 21.2. The summed E-state index contributed by atoms with van der Waals surface area (Å²) in [5.74, 6) is -3.05. The number of carbonyl (C=O) groups excluding carboxylic acids is 1. The number of fused-ring (bicyclic) bond motifs is 1. The Morgan fingerprint density at radius 1 is 0.932 bits per heavy atom. The smallest absolute Gasteiger partial charge is 0.225 e. The molecule has 0 unspecified atom stereocenters. The number of morpholine rings is 1. The molecule has 0 radical (unpaired) electrons. The van der Waals surface area contributed by atoms with Crippen molar-refractivity contribution in [2.45, 2.75) is 37.3 Å². The van der Waals surface area contributed by atoms with Crippen molar-refractivity contribution in [1.29, 1.82) is 0 Å². The van der Waals surface area contributed by atoms with Gasteiger partial charge in [-0.3, -0.25) is 4.79 Å². The van der Waals surface area contributed by atoms with E-state index < -0.39 is 35.1 Å². The van der Waals surface area contributed by atoms with Crippen LogP contribution in [-0.2, 0) is 16.0 Å². The van der Waals surface area contributed by atoms with E-state index >= 15 is 4.39 Å². The second-order valence-corrected chi connectivity index (χ2v) is 10.9. The molecule has 1 aliphatic heterocycles. The number of carbonyl (C=O) groups is 1. The van der Waals surface area contributed by atoms with Crippen molar-refractivity contribution in [3.63, 3.8) is 0 Å². The van der Waals surface area contributed by atoms with Gasteiger partial charge in [0.25, 0.3) is 0 Å². The highest BCUT2D eigenvalue weighted by Gasteiger charge is 2.26. The number of amides is 1. The zero-order chi connectivity index (χ0) is 30.6. The molecule has 1 aliphatic rings. The Bertz CT molecular complexity index is 1730. The van der Waals surface area contributed by atoms with Crippen LogP contribution in [0.5, 0.6) is 0 Å². The summed E-state index contributed by atoms with van der Waals surface area (Å²) in [5.41, 5.74) is 3.04. The number of para-hydroxylation sites is 2. The molecule has 1 aromatic heterocycles.